The molecule has 0 bridgehead atoms. The van der Waals surface area contributed by atoms with Gasteiger partial charge in [0, 0.05) is 11.1 Å². The summed E-state index contributed by atoms with van der Waals surface area (Å²) in [5.41, 5.74) is 3.30. The molecule has 0 atom stereocenters. The number of aromatic nitrogens is 3. The van der Waals surface area contributed by atoms with Crippen molar-refractivity contribution in [3.8, 4) is 28.3 Å². The van der Waals surface area contributed by atoms with Crippen LogP contribution >= 0.6 is 0 Å². The van der Waals surface area contributed by atoms with Gasteiger partial charge >= 0.3 is 5.97 Å². The normalized spacial score (nSPS) is 10.8. The molecule has 0 radical (unpaired) electrons. The number of aromatic carboxylic acids is 1. The van der Waals surface area contributed by atoms with E-state index in [1.807, 2.05) is 54.6 Å². The second kappa shape index (κ2) is 6.33. The van der Waals surface area contributed by atoms with Crippen molar-refractivity contribution in [1.82, 2.24) is 15.2 Å². The summed E-state index contributed by atoms with van der Waals surface area (Å²) in [7, 11) is 1.58. The van der Waals surface area contributed by atoms with Crippen LogP contribution in [-0.4, -0.2) is 33.4 Å². The van der Waals surface area contributed by atoms with Crippen molar-refractivity contribution in [2.45, 2.75) is 0 Å². The number of rotatable bonds is 4. The van der Waals surface area contributed by atoms with E-state index < -0.39 is 5.97 Å². The van der Waals surface area contributed by atoms with Crippen LogP contribution in [0, 0.1) is 0 Å². The van der Waals surface area contributed by atoms with Crippen molar-refractivity contribution >= 4 is 17.0 Å². The molecule has 4 rings (SSSR count). The number of hydrogen-bond acceptors (Lipinski definition) is 4. The lowest BCUT2D eigenvalue weighted by molar-refractivity contribution is 0.0699. The van der Waals surface area contributed by atoms with E-state index in [0.717, 1.165) is 11.1 Å². The number of H-pyrrole nitrogens is 1. The summed E-state index contributed by atoms with van der Waals surface area (Å²) < 4.78 is 5.25. The molecule has 0 saturated carbocycles. The van der Waals surface area contributed by atoms with Crippen LogP contribution in [-0.2, 0) is 0 Å². The third-order valence-electron chi connectivity index (χ3n) is 4.18. The summed E-state index contributed by atoms with van der Waals surface area (Å²) in [6.45, 7) is 0. The Labute approximate surface area is 149 Å². The maximum atomic E-state index is 11.9. The first-order valence-corrected chi connectivity index (χ1v) is 7.99. The van der Waals surface area contributed by atoms with Crippen LogP contribution in [0.25, 0.3) is 33.5 Å². The molecule has 0 unspecified atom stereocenters. The highest BCUT2D eigenvalue weighted by molar-refractivity contribution is 6.08. The molecule has 0 saturated heterocycles. The molecule has 26 heavy (non-hydrogen) atoms. The largest absolute Gasteiger partial charge is 0.497 e. The topological polar surface area (TPSA) is 88.1 Å². The molecule has 0 aliphatic rings. The Bertz CT molecular complexity index is 1100. The highest BCUT2D eigenvalue weighted by Gasteiger charge is 2.19. The predicted octanol–water partition coefficient (Wildman–Crippen LogP) is 4.00. The average molecular weight is 345 g/mol. The number of methoxy groups -OCH3 is 1. The quantitative estimate of drug-likeness (QED) is 0.584. The number of benzene rings is 2. The number of carbonyl (C=O) groups is 1. The maximum Gasteiger partial charge on any atom is 0.336 e. The SMILES string of the molecule is COc1cccc(-c2[nH]nc3nc(-c4ccccc4)cc(C(=O)O)c23)c1. The molecule has 0 fully saturated rings. The lowest BCUT2D eigenvalue weighted by atomic mass is 10.0. The number of carboxylic acid groups (broad SMARTS) is 1. The minimum absolute atomic E-state index is 0.153. The van der Waals surface area contributed by atoms with E-state index in [2.05, 4.69) is 15.2 Å². The van der Waals surface area contributed by atoms with Crippen LogP contribution in [0.3, 0.4) is 0 Å². The lowest BCUT2D eigenvalue weighted by Crippen LogP contribution is -2.00. The Kier molecular flexibility index (Phi) is 3.85. The van der Waals surface area contributed by atoms with E-state index in [1.54, 1.807) is 13.2 Å². The second-order valence-electron chi connectivity index (χ2n) is 5.76. The zero-order valence-electron chi connectivity index (χ0n) is 13.9. The molecule has 4 aromatic rings. The van der Waals surface area contributed by atoms with Gasteiger partial charge in [-0.2, -0.15) is 5.10 Å². The molecular weight excluding hydrogens is 330 g/mol. The zero-order valence-corrected chi connectivity index (χ0v) is 13.9. The fraction of sp³-hybridized carbons (Fsp3) is 0.0500. The summed E-state index contributed by atoms with van der Waals surface area (Å²) in [6.07, 6.45) is 0. The summed E-state index contributed by atoms with van der Waals surface area (Å²) in [5, 5.41) is 17.4. The van der Waals surface area contributed by atoms with Gasteiger partial charge in [-0.1, -0.05) is 42.5 Å². The molecule has 0 amide bonds. The monoisotopic (exact) mass is 345 g/mol. The van der Waals surface area contributed by atoms with Crippen molar-refractivity contribution in [2.24, 2.45) is 0 Å². The van der Waals surface area contributed by atoms with E-state index in [0.29, 0.717) is 28.2 Å². The van der Waals surface area contributed by atoms with E-state index >= 15 is 0 Å². The molecule has 0 aliphatic heterocycles. The average Bonchev–Trinajstić information content (AvgIpc) is 3.12. The van der Waals surface area contributed by atoms with Crippen molar-refractivity contribution in [3.63, 3.8) is 0 Å². The van der Waals surface area contributed by atoms with Crippen LogP contribution < -0.4 is 4.74 Å². The van der Waals surface area contributed by atoms with Gasteiger partial charge in [0.25, 0.3) is 0 Å². The first-order valence-electron chi connectivity index (χ1n) is 7.99. The Morgan fingerprint density at radius 1 is 1.04 bits per heavy atom. The van der Waals surface area contributed by atoms with Crippen molar-refractivity contribution < 1.29 is 14.6 Å². The van der Waals surface area contributed by atoms with Crippen molar-refractivity contribution in [2.75, 3.05) is 7.11 Å². The molecule has 2 N–H and O–H groups in total. The van der Waals surface area contributed by atoms with Crippen molar-refractivity contribution in [3.05, 3.63) is 66.2 Å². The van der Waals surface area contributed by atoms with Gasteiger partial charge in [-0.25, -0.2) is 9.78 Å². The third-order valence-corrected chi connectivity index (χ3v) is 4.18. The Balaban J connectivity index is 1.96. The standard InChI is InChI=1S/C20H15N3O3/c1-26-14-9-5-8-13(10-14)18-17-15(20(24)25)11-16(21-19(17)23-22-18)12-6-3-2-4-7-12/h2-11H,1H3,(H,24,25)(H,21,22,23). The van der Waals surface area contributed by atoms with Gasteiger partial charge in [-0.3, -0.25) is 5.10 Å². The number of aromatic amines is 1. The number of carboxylic acids is 1. The number of fused-ring (bicyclic) bond motifs is 1. The molecule has 2 heterocycles. The minimum Gasteiger partial charge on any atom is -0.497 e. The number of hydrogen-bond donors (Lipinski definition) is 2. The van der Waals surface area contributed by atoms with Crippen LogP contribution in [0.4, 0.5) is 0 Å². The molecule has 2 aromatic carbocycles. The first-order chi connectivity index (χ1) is 12.7. The van der Waals surface area contributed by atoms with E-state index in [4.69, 9.17) is 4.74 Å². The van der Waals surface area contributed by atoms with Crippen LogP contribution in [0.2, 0.25) is 0 Å². The molecule has 6 nitrogen and oxygen atoms in total. The van der Waals surface area contributed by atoms with Gasteiger partial charge in [0.1, 0.15) is 5.75 Å². The van der Waals surface area contributed by atoms with E-state index in [9.17, 15) is 9.90 Å². The van der Waals surface area contributed by atoms with Gasteiger partial charge in [-0.05, 0) is 18.2 Å². The molecule has 0 spiro atoms. The Morgan fingerprint density at radius 2 is 1.81 bits per heavy atom. The fourth-order valence-corrected chi connectivity index (χ4v) is 2.94. The third kappa shape index (κ3) is 2.67. The smallest absolute Gasteiger partial charge is 0.336 e. The Hall–Kier alpha value is -3.67. The first kappa shape index (κ1) is 15.8. The van der Waals surface area contributed by atoms with Gasteiger partial charge in [0.15, 0.2) is 5.65 Å². The Morgan fingerprint density at radius 3 is 2.54 bits per heavy atom. The maximum absolute atomic E-state index is 11.9. The van der Waals surface area contributed by atoms with Gasteiger partial charge in [0.2, 0.25) is 0 Å². The van der Waals surface area contributed by atoms with Crippen LogP contribution in [0.1, 0.15) is 10.4 Å². The lowest BCUT2D eigenvalue weighted by Gasteiger charge is -2.06. The summed E-state index contributed by atoms with van der Waals surface area (Å²) >= 11 is 0. The number of pyridine rings is 1. The molecule has 128 valence electrons. The molecule has 6 heteroatoms. The van der Waals surface area contributed by atoms with E-state index in [-0.39, 0.29) is 5.56 Å². The number of nitrogens with one attached hydrogen (secondary N) is 1. The molecule has 0 aliphatic carbocycles. The highest BCUT2D eigenvalue weighted by Crippen LogP contribution is 2.32. The minimum atomic E-state index is -1.03. The predicted molar refractivity (Wildman–Crippen MR) is 98.3 cm³/mol. The zero-order chi connectivity index (χ0) is 18.1. The number of nitrogens with zero attached hydrogens (tertiary/aromatic N) is 2. The molecule has 2 aromatic heterocycles. The van der Waals surface area contributed by atoms with Gasteiger partial charge in [0.05, 0.1) is 29.4 Å². The molecular formula is C20H15N3O3. The summed E-state index contributed by atoms with van der Waals surface area (Å²) in [6, 6.07) is 18.4. The van der Waals surface area contributed by atoms with Crippen LogP contribution in [0.15, 0.2) is 60.7 Å². The second-order valence-corrected chi connectivity index (χ2v) is 5.76. The summed E-state index contributed by atoms with van der Waals surface area (Å²) in [5.74, 6) is -0.351. The van der Waals surface area contributed by atoms with E-state index in [1.165, 1.54) is 0 Å². The fourth-order valence-electron chi connectivity index (χ4n) is 2.94. The van der Waals surface area contributed by atoms with Crippen molar-refractivity contribution in [1.29, 1.82) is 0 Å². The van der Waals surface area contributed by atoms with Gasteiger partial charge < -0.3 is 9.84 Å². The van der Waals surface area contributed by atoms with Crippen LogP contribution in [0.5, 0.6) is 5.75 Å². The highest BCUT2D eigenvalue weighted by atomic mass is 16.5. The number of ether oxygens (including phenoxy) is 1. The van der Waals surface area contributed by atoms with Gasteiger partial charge in [-0.15, -0.1) is 0 Å². The summed E-state index contributed by atoms with van der Waals surface area (Å²) in [4.78, 5) is 16.4.